The lowest BCUT2D eigenvalue weighted by Crippen LogP contribution is -2.42. The Labute approximate surface area is 137 Å². The van der Waals surface area contributed by atoms with Crippen molar-refractivity contribution in [3.8, 4) is 0 Å². The van der Waals surface area contributed by atoms with Crippen LogP contribution in [-0.4, -0.2) is 35.7 Å². The third-order valence-corrected chi connectivity index (χ3v) is 4.30. The average molecular weight is 345 g/mol. The third-order valence-electron chi connectivity index (χ3n) is 4.30. The molecule has 5 nitrogen and oxygen atoms in total. The third kappa shape index (κ3) is 3.63. The number of hydrogen-bond acceptors (Lipinski definition) is 3. The van der Waals surface area contributed by atoms with Crippen LogP contribution in [0.4, 0.5) is 18.0 Å². The maximum Gasteiger partial charge on any atom is 0.416 e. The van der Waals surface area contributed by atoms with Crippen molar-refractivity contribution < 1.29 is 32.6 Å². The van der Waals surface area contributed by atoms with E-state index in [0.717, 1.165) is 6.07 Å². The molecule has 1 aromatic carbocycles. The van der Waals surface area contributed by atoms with Crippen molar-refractivity contribution >= 4 is 12.1 Å². The zero-order chi connectivity index (χ0) is 18.1. The van der Waals surface area contributed by atoms with Gasteiger partial charge in [0.15, 0.2) is 0 Å². The molecule has 1 amide bonds. The lowest BCUT2D eigenvalue weighted by atomic mass is 9.86. The summed E-state index contributed by atoms with van der Waals surface area (Å²) in [6.07, 6.45) is -4.67. The molecule has 1 aromatic rings. The highest BCUT2D eigenvalue weighted by atomic mass is 19.4. The van der Waals surface area contributed by atoms with E-state index in [2.05, 4.69) is 0 Å². The number of carboxylic acids is 1. The van der Waals surface area contributed by atoms with Crippen LogP contribution in [0.2, 0.25) is 0 Å². The standard InChI is InChI=1S/C16H18F3NO4/c1-9-7-10(3-4-12(9)16(17,18)19)13-8-11(14(21)22)5-6-20(13)15(23)24-2/h3-4,7,11,13H,5-6,8H2,1-2H3,(H,21,22). The molecular formula is C16H18F3NO4. The molecule has 1 heterocycles. The summed E-state index contributed by atoms with van der Waals surface area (Å²) in [5.74, 6) is -1.63. The number of likely N-dealkylation sites (tertiary alicyclic amines) is 1. The molecule has 0 radical (unpaired) electrons. The zero-order valence-corrected chi connectivity index (χ0v) is 13.3. The Morgan fingerprint density at radius 2 is 2.00 bits per heavy atom. The second kappa shape index (κ2) is 6.70. The summed E-state index contributed by atoms with van der Waals surface area (Å²) in [5, 5.41) is 9.21. The topological polar surface area (TPSA) is 66.8 Å². The van der Waals surface area contributed by atoms with Gasteiger partial charge in [-0.05, 0) is 37.0 Å². The van der Waals surface area contributed by atoms with Gasteiger partial charge in [0.25, 0.3) is 0 Å². The number of carbonyl (C=O) groups excluding carboxylic acids is 1. The highest BCUT2D eigenvalue weighted by Gasteiger charge is 2.37. The molecule has 0 saturated carbocycles. The molecule has 132 valence electrons. The number of aliphatic carboxylic acids is 1. The molecular weight excluding hydrogens is 327 g/mol. The highest BCUT2D eigenvalue weighted by molar-refractivity contribution is 5.72. The summed E-state index contributed by atoms with van der Waals surface area (Å²) < 4.78 is 43.4. The van der Waals surface area contributed by atoms with E-state index in [1.165, 1.54) is 31.1 Å². The van der Waals surface area contributed by atoms with Crippen molar-refractivity contribution in [1.82, 2.24) is 4.90 Å². The van der Waals surface area contributed by atoms with Crippen LogP contribution < -0.4 is 0 Å². The first kappa shape index (κ1) is 18.1. The minimum absolute atomic E-state index is 0.0299. The number of benzene rings is 1. The number of aryl methyl sites for hydroxylation is 1. The molecule has 0 aromatic heterocycles. The van der Waals surface area contributed by atoms with E-state index in [1.54, 1.807) is 0 Å². The van der Waals surface area contributed by atoms with Gasteiger partial charge in [0.1, 0.15) is 0 Å². The number of methoxy groups -OCH3 is 1. The van der Waals surface area contributed by atoms with Crippen LogP contribution in [-0.2, 0) is 15.7 Å². The molecule has 24 heavy (non-hydrogen) atoms. The zero-order valence-electron chi connectivity index (χ0n) is 13.3. The van der Waals surface area contributed by atoms with Gasteiger partial charge in [-0.15, -0.1) is 0 Å². The lowest BCUT2D eigenvalue weighted by Gasteiger charge is -2.37. The largest absolute Gasteiger partial charge is 0.481 e. The van der Waals surface area contributed by atoms with Crippen LogP contribution in [0.3, 0.4) is 0 Å². The molecule has 2 atom stereocenters. The first-order valence-electron chi connectivity index (χ1n) is 7.40. The summed E-state index contributed by atoms with van der Waals surface area (Å²) in [4.78, 5) is 24.5. The molecule has 0 aliphatic carbocycles. The maximum atomic E-state index is 12.9. The molecule has 1 N–H and O–H groups in total. The van der Waals surface area contributed by atoms with E-state index in [1.807, 2.05) is 0 Å². The number of ether oxygens (including phenoxy) is 1. The van der Waals surface area contributed by atoms with Crippen LogP contribution in [0.1, 0.15) is 35.6 Å². The summed E-state index contributed by atoms with van der Waals surface area (Å²) in [6.45, 7) is 1.51. The fraction of sp³-hybridized carbons (Fsp3) is 0.500. The second-order valence-electron chi connectivity index (χ2n) is 5.81. The fourth-order valence-electron chi connectivity index (χ4n) is 3.05. The highest BCUT2D eigenvalue weighted by Crippen LogP contribution is 2.38. The number of hydrogen-bond donors (Lipinski definition) is 1. The Kier molecular flexibility index (Phi) is 5.05. The summed E-state index contributed by atoms with van der Waals surface area (Å²) in [7, 11) is 1.21. The van der Waals surface area contributed by atoms with Gasteiger partial charge in [0, 0.05) is 6.54 Å². The lowest BCUT2D eigenvalue weighted by molar-refractivity contribution is -0.144. The summed E-state index contributed by atoms with van der Waals surface area (Å²) in [6, 6.07) is 2.98. The number of carbonyl (C=O) groups is 2. The van der Waals surface area contributed by atoms with Crippen LogP contribution in [0.25, 0.3) is 0 Å². The van der Waals surface area contributed by atoms with Crippen molar-refractivity contribution in [3.63, 3.8) is 0 Å². The van der Waals surface area contributed by atoms with Gasteiger partial charge >= 0.3 is 18.2 Å². The van der Waals surface area contributed by atoms with Gasteiger partial charge in [0.05, 0.1) is 24.6 Å². The Bertz CT molecular complexity index is 645. The summed E-state index contributed by atoms with van der Waals surface area (Å²) >= 11 is 0. The van der Waals surface area contributed by atoms with Crippen molar-refractivity contribution in [2.75, 3.05) is 13.7 Å². The minimum atomic E-state index is -4.46. The first-order chi connectivity index (χ1) is 11.1. The van der Waals surface area contributed by atoms with E-state index in [-0.39, 0.29) is 24.9 Å². The number of carboxylic acid groups (broad SMARTS) is 1. The van der Waals surface area contributed by atoms with Gasteiger partial charge < -0.3 is 14.7 Å². The maximum absolute atomic E-state index is 12.9. The van der Waals surface area contributed by atoms with E-state index in [9.17, 15) is 27.9 Å². The number of amides is 1. The van der Waals surface area contributed by atoms with Gasteiger partial charge in [-0.1, -0.05) is 12.1 Å². The Balaban J connectivity index is 2.38. The van der Waals surface area contributed by atoms with E-state index in [4.69, 9.17) is 4.74 Å². The van der Waals surface area contributed by atoms with Gasteiger partial charge in [0.2, 0.25) is 0 Å². The SMILES string of the molecule is COC(=O)N1CCC(C(=O)O)CC1c1ccc(C(F)(F)F)c(C)c1. The van der Waals surface area contributed by atoms with E-state index < -0.39 is 35.8 Å². The van der Waals surface area contributed by atoms with Crippen LogP contribution in [0.5, 0.6) is 0 Å². The predicted molar refractivity (Wildman–Crippen MR) is 78.4 cm³/mol. The molecule has 2 rings (SSSR count). The average Bonchev–Trinajstić information content (AvgIpc) is 2.52. The molecule has 2 unspecified atom stereocenters. The van der Waals surface area contributed by atoms with Crippen LogP contribution >= 0.6 is 0 Å². The molecule has 1 aliphatic heterocycles. The minimum Gasteiger partial charge on any atom is -0.481 e. The number of halogens is 3. The van der Waals surface area contributed by atoms with Crippen molar-refractivity contribution in [2.45, 2.75) is 32.0 Å². The van der Waals surface area contributed by atoms with E-state index in [0.29, 0.717) is 5.56 Å². The number of alkyl halides is 3. The second-order valence-corrected chi connectivity index (χ2v) is 5.81. The summed E-state index contributed by atoms with van der Waals surface area (Å²) in [5.41, 5.74) is -0.249. The Morgan fingerprint density at radius 3 is 2.50 bits per heavy atom. The number of rotatable bonds is 2. The van der Waals surface area contributed by atoms with Crippen molar-refractivity contribution in [1.29, 1.82) is 0 Å². The number of piperidine rings is 1. The van der Waals surface area contributed by atoms with Crippen LogP contribution in [0.15, 0.2) is 18.2 Å². The van der Waals surface area contributed by atoms with Crippen LogP contribution in [0, 0.1) is 12.8 Å². The quantitative estimate of drug-likeness (QED) is 0.889. The molecule has 1 fully saturated rings. The van der Waals surface area contributed by atoms with Crippen molar-refractivity contribution in [3.05, 3.63) is 34.9 Å². The Hall–Kier alpha value is -2.25. The molecule has 0 bridgehead atoms. The first-order valence-corrected chi connectivity index (χ1v) is 7.40. The normalized spacial score (nSPS) is 21.5. The predicted octanol–water partition coefficient (Wildman–Crippen LogP) is 3.62. The molecule has 1 aliphatic rings. The molecule has 1 saturated heterocycles. The van der Waals surface area contributed by atoms with Gasteiger partial charge in [-0.3, -0.25) is 4.79 Å². The van der Waals surface area contributed by atoms with E-state index >= 15 is 0 Å². The van der Waals surface area contributed by atoms with Crippen molar-refractivity contribution in [2.24, 2.45) is 5.92 Å². The van der Waals surface area contributed by atoms with Gasteiger partial charge in [-0.2, -0.15) is 13.2 Å². The monoisotopic (exact) mass is 345 g/mol. The molecule has 0 spiro atoms. The Morgan fingerprint density at radius 1 is 1.33 bits per heavy atom. The molecule has 8 heteroatoms. The fourth-order valence-corrected chi connectivity index (χ4v) is 3.05. The number of nitrogens with zero attached hydrogens (tertiary/aromatic N) is 1. The van der Waals surface area contributed by atoms with Gasteiger partial charge in [-0.25, -0.2) is 4.79 Å². The smallest absolute Gasteiger partial charge is 0.416 e.